The van der Waals surface area contributed by atoms with Gasteiger partial charge in [0.1, 0.15) is 17.2 Å². The van der Waals surface area contributed by atoms with E-state index >= 15 is 0 Å². The topological polar surface area (TPSA) is 95.7 Å². The predicted octanol–water partition coefficient (Wildman–Crippen LogP) is 3.84. The average Bonchev–Trinajstić information content (AvgIpc) is 3.26. The average molecular weight is 425 g/mol. The summed E-state index contributed by atoms with van der Waals surface area (Å²) in [6, 6.07) is 11.1. The molecule has 1 aromatic heterocycles. The van der Waals surface area contributed by atoms with Crippen LogP contribution in [-0.2, 0) is 11.3 Å². The van der Waals surface area contributed by atoms with Crippen LogP contribution in [0.1, 0.15) is 30.4 Å². The van der Waals surface area contributed by atoms with E-state index < -0.39 is 6.10 Å². The molecule has 164 valence electrons. The van der Waals surface area contributed by atoms with Gasteiger partial charge in [0.25, 0.3) is 5.91 Å². The zero-order valence-electron chi connectivity index (χ0n) is 18.4. The van der Waals surface area contributed by atoms with Gasteiger partial charge in [-0.1, -0.05) is 24.2 Å². The van der Waals surface area contributed by atoms with E-state index in [2.05, 4.69) is 15.5 Å². The molecule has 0 aliphatic carbocycles. The summed E-state index contributed by atoms with van der Waals surface area (Å²) < 4.78 is 21.8. The number of carbonyl (C=O) groups is 1. The number of hydrogen-bond donors (Lipinski definition) is 1. The number of rotatable bonds is 9. The molecule has 1 unspecified atom stereocenters. The number of carbonyl (C=O) groups excluding carboxylic acids is 1. The minimum atomic E-state index is -0.621. The minimum absolute atomic E-state index is 0.0942. The summed E-state index contributed by atoms with van der Waals surface area (Å²) in [6.07, 6.45) is -0.0956. The first-order valence-corrected chi connectivity index (χ1v) is 10.0. The molecule has 0 aliphatic heterocycles. The number of nitrogens with zero attached hydrogens (tertiary/aromatic N) is 2. The van der Waals surface area contributed by atoms with Crippen LogP contribution >= 0.6 is 0 Å². The highest BCUT2D eigenvalue weighted by molar-refractivity contribution is 5.81. The molecule has 0 fully saturated rings. The molecule has 0 saturated heterocycles. The lowest BCUT2D eigenvalue weighted by Gasteiger charge is -2.18. The Balaban J connectivity index is 1.65. The van der Waals surface area contributed by atoms with Crippen LogP contribution in [0.15, 0.2) is 40.9 Å². The standard InChI is InChI=1S/C23H27N3O5/c1-6-18(30-19-9-7-8-14(2)15(19)3)23(27)24-13-21-25-22(26-31-21)17-11-10-16(28-4)12-20(17)29-5/h7-12,18H,6,13H2,1-5H3,(H,24,27). The molecule has 3 aromatic rings. The number of hydrogen-bond acceptors (Lipinski definition) is 7. The summed E-state index contributed by atoms with van der Waals surface area (Å²) >= 11 is 0. The first-order chi connectivity index (χ1) is 15.0. The highest BCUT2D eigenvalue weighted by Gasteiger charge is 2.21. The molecular weight excluding hydrogens is 398 g/mol. The number of aromatic nitrogens is 2. The summed E-state index contributed by atoms with van der Waals surface area (Å²) in [4.78, 5) is 17.0. The number of methoxy groups -OCH3 is 2. The Morgan fingerprint density at radius 2 is 1.94 bits per heavy atom. The fourth-order valence-corrected chi connectivity index (χ4v) is 3.02. The second-order valence-electron chi connectivity index (χ2n) is 7.01. The van der Waals surface area contributed by atoms with Crippen LogP contribution in [0.4, 0.5) is 0 Å². The Labute approximate surface area is 181 Å². The van der Waals surface area contributed by atoms with Gasteiger partial charge < -0.3 is 24.1 Å². The summed E-state index contributed by atoms with van der Waals surface area (Å²) in [5, 5.41) is 6.80. The van der Waals surface area contributed by atoms with Crippen LogP contribution in [0.5, 0.6) is 17.2 Å². The summed E-state index contributed by atoms with van der Waals surface area (Å²) in [5.41, 5.74) is 2.79. The van der Waals surface area contributed by atoms with Gasteiger partial charge in [-0.2, -0.15) is 4.98 Å². The molecule has 0 radical (unpaired) electrons. The fraction of sp³-hybridized carbons (Fsp3) is 0.348. The normalized spacial score (nSPS) is 11.6. The fourth-order valence-electron chi connectivity index (χ4n) is 3.02. The smallest absolute Gasteiger partial charge is 0.261 e. The van der Waals surface area contributed by atoms with Gasteiger partial charge in [0, 0.05) is 6.07 Å². The van der Waals surface area contributed by atoms with E-state index in [-0.39, 0.29) is 18.3 Å². The highest BCUT2D eigenvalue weighted by atomic mass is 16.5. The van der Waals surface area contributed by atoms with Gasteiger partial charge in [-0.25, -0.2) is 0 Å². The largest absolute Gasteiger partial charge is 0.497 e. The van der Waals surface area contributed by atoms with Crippen molar-refractivity contribution in [3.63, 3.8) is 0 Å². The molecule has 3 rings (SSSR count). The third-order valence-corrected chi connectivity index (χ3v) is 5.02. The van der Waals surface area contributed by atoms with Crippen molar-refractivity contribution in [2.24, 2.45) is 0 Å². The number of ether oxygens (including phenoxy) is 3. The van der Waals surface area contributed by atoms with Crippen LogP contribution in [-0.4, -0.2) is 36.4 Å². The van der Waals surface area contributed by atoms with Crippen molar-refractivity contribution in [3.05, 3.63) is 53.4 Å². The number of nitrogens with one attached hydrogen (secondary N) is 1. The number of aryl methyl sites for hydroxylation is 1. The van der Waals surface area contributed by atoms with Crippen molar-refractivity contribution in [2.75, 3.05) is 14.2 Å². The van der Waals surface area contributed by atoms with Gasteiger partial charge >= 0.3 is 0 Å². The Morgan fingerprint density at radius 3 is 2.65 bits per heavy atom. The number of benzene rings is 2. The third-order valence-electron chi connectivity index (χ3n) is 5.02. The second kappa shape index (κ2) is 9.97. The molecule has 1 heterocycles. The minimum Gasteiger partial charge on any atom is -0.497 e. The zero-order valence-corrected chi connectivity index (χ0v) is 18.4. The maximum Gasteiger partial charge on any atom is 0.261 e. The lowest BCUT2D eigenvalue weighted by Crippen LogP contribution is -2.37. The van der Waals surface area contributed by atoms with Gasteiger partial charge in [-0.05, 0) is 49.6 Å². The monoisotopic (exact) mass is 425 g/mol. The molecule has 1 atom stereocenters. The molecule has 0 aliphatic rings. The van der Waals surface area contributed by atoms with E-state index in [1.807, 2.05) is 39.0 Å². The predicted molar refractivity (Wildman–Crippen MR) is 115 cm³/mol. The lowest BCUT2D eigenvalue weighted by molar-refractivity contribution is -0.128. The molecule has 0 bridgehead atoms. The van der Waals surface area contributed by atoms with Crippen LogP contribution in [0.2, 0.25) is 0 Å². The van der Waals surface area contributed by atoms with Crippen molar-refractivity contribution >= 4 is 5.91 Å². The Hall–Kier alpha value is -3.55. The van der Waals surface area contributed by atoms with Gasteiger partial charge in [0.05, 0.1) is 26.3 Å². The van der Waals surface area contributed by atoms with E-state index in [4.69, 9.17) is 18.7 Å². The molecule has 2 aromatic carbocycles. The van der Waals surface area contributed by atoms with E-state index in [0.717, 1.165) is 11.1 Å². The Kier molecular flexibility index (Phi) is 7.12. The summed E-state index contributed by atoms with van der Waals surface area (Å²) in [6.45, 7) is 5.98. The molecular formula is C23H27N3O5. The van der Waals surface area contributed by atoms with Gasteiger partial charge in [0.2, 0.25) is 11.7 Å². The second-order valence-corrected chi connectivity index (χ2v) is 7.01. The van der Waals surface area contributed by atoms with Crippen molar-refractivity contribution in [1.29, 1.82) is 0 Å². The highest BCUT2D eigenvalue weighted by Crippen LogP contribution is 2.31. The third kappa shape index (κ3) is 5.14. The van der Waals surface area contributed by atoms with E-state index in [1.54, 1.807) is 32.4 Å². The SMILES string of the molecule is CCC(Oc1cccc(C)c1C)C(=O)NCc1nc(-c2ccc(OC)cc2OC)no1. The van der Waals surface area contributed by atoms with Crippen molar-refractivity contribution in [2.45, 2.75) is 39.8 Å². The van der Waals surface area contributed by atoms with Gasteiger partial charge in [-0.3, -0.25) is 4.79 Å². The molecule has 1 N–H and O–H groups in total. The van der Waals surface area contributed by atoms with Crippen LogP contribution in [0.3, 0.4) is 0 Å². The van der Waals surface area contributed by atoms with Crippen molar-refractivity contribution in [1.82, 2.24) is 15.5 Å². The van der Waals surface area contributed by atoms with E-state index in [0.29, 0.717) is 35.1 Å². The zero-order chi connectivity index (χ0) is 22.4. The van der Waals surface area contributed by atoms with Gasteiger partial charge in [-0.15, -0.1) is 0 Å². The maximum atomic E-state index is 12.6. The molecule has 0 spiro atoms. The van der Waals surface area contributed by atoms with Crippen molar-refractivity contribution < 1.29 is 23.5 Å². The lowest BCUT2D eigenvalue weighted by atomic mass is 10.1. The molecule has 31 heavy (non-hydrogen) atoms. The molecule has 8 nitrogen and oxygen atoms in total. The molecule has 8 heteroatoms. The van der Waals surface area contributed by atoms with E-state index in [9.17, 15) is 4.79 Å². The maximum absolute atomic E-state index is 12.6. The first kappa shape index (κ1) is 22.1. The summed E-state index contributed by atoms with van der Waals surface area (Å²) in [5.74, 6) is 2.32. The van der Waals surface area contributed by atoms with Crippen molar-refractivity contribution in [3.8, 4) is 28.6 Å². The Bertz CT molecular complexity index is 1050. The quantitative estimate of drug-likeness (QED) is 0.556. The van der Waals surface area contributed by atoms with Crippen LogP contribution in [0, 0.1) is 13.8 Å². The first-order valence-electron chi connectivity index (χ1n) is 10.0. The Morgan fingerprint density at radius 1 is 1.13 bits per heavy atom. The number of amides is 1. The summed E-state index contributed by atoms with van der Waals surface area (Å²) in [7, 11) is 3.14. The van der Waals surface area contributed by atoms with Crippen LogP contribution in [0.25, 0.3) is 11.4 Å². The molecule has 1 amide bonds. The van der Waals surface area contributed by atoms with E-state index in [1.165, 1.54) is 0 Å². The van der Waals surface area contributed by atoms with Gasteiger partial charge in [0.15, 0.2) is 6.10 Å². The molecule has 0 saturated carbocycles. The van der Waals surface area contributed by atoms with Crippen LogP contribution < -0.4 is 19.5 Å².